The average molecular weight is 262 g/mol. The van der Waals surface area contributed by atoms with Gasteiger partial charge in [0, 0.05) is 24.8 Å². The quantitative estimate of drug-likeness (QED) is 0.824. The Labute approximate surface area is 114 Å². The highest BCUT2D eigenvalue weighted by molar-refractivity contribution is 5.80. The van der Waals surface area contributed by atoms with Gasteiger partial charge >= 0.3 is 0 Å². The maximum absolute atomic E-state index is 11.8. The van der Waals surface area contributed by atoms with Crippen LogP contribution in [0.2, 0.25) is 0 Å². The van der Waals surface area contributed by atoms with Crippen LogP contribution in [0.4, 0.5) is 5.69 Å². The first-order chi connectivity index (χ1) is 9.29. The molecule has 1 aromatic carbocycles. The van der Waals surface area contributed by atoms with Crippen LogP contribution in [-0.4, -0.2) is 31.7 Å². The number of carbonyl (C=O) groups is 1. The SMILES string of the molecule is CCC1OCCC1CNC(=O)CNc1ccccc1. The average Bonchev–Trinajstić information content (AvgIpc) is 2.91. The molecular formula is C15H22N2O2. The van der Waals surface area contributed by atoms with Crippen molar-refractivity contribution in [3.63, 3.8) is 0 Å². The monoisotopic (exact) mass is 262 g/mol. The number of anilines is 1. The Bertz CT molecular complexity index is 394. The molecule has 4 heteroatoms. The topological polar surface area (TPSA) is 50.4 Å². The van der Waals surface area contributed by atoms with Gasteiger partial charge in [-0.25, -0.2) is 0 Å². The van der Waals surface area contributed by atoms with E-state index in [1.165, 1.54) is 0 Å². The molecule has 1 aromatic rings. The van der Waals surface area contributed by atoms with Crippen molar-refractivity contribution in [2.45, 2.75) is 25.9 Å². The molecule has 0 aromatic heterocycles. The van der Waals surface area contributed by atoms with Crippen LogP contribution in [0.5, 0.6) is 0 Å². The van der Waals surface area contributed by atoms with Crippen LogP contribution in [0, 0.1) is 5.92 Å². The van der Waals surface area contributed by atoms with E-state index in [0.29, 0.717) is 25.1 Å². The molecule has 0 spiro atoms. The van der Waals surface area contributed by atoms with Crippen LogP contribution in [0.3, 0.4) is 0 Å². The lowest BCUT2D eigenvalue weighted by molar-refractivity contribution is -0.119. The maximum Gasteiger partial charge on any atom is 0.239 e. The minimum Gasteiger partial charge on any atom is -0.378 e. The molecule has 1 fully saturated rings. The van der Waals surface area contributed by atoms with E-state index >= 15 is 0 Å². The number of para-hydroxylation sites is 1. The lowest BCUT2D eigenvalue weighted by Gasteiger charge is -2.17. The summed E-state index contributed by atoms with van der Waals surface area (Å²) in [4.78, 5) is 11.8. The van der Waals surface area contributed by atoms with Crippen LogP contribution < -0.4 is 10.6 Å². The van der Waals surface area contributed by atoms with Gasteiger partial charge in [-0.2, -0.15) is 0 Å². The first-order valence-corrected chi connectivity index (χ1v) is 6.97. The standard InChI is InChI=1S/C15H22N2O2/c1-2-14-12(8-9-19-14)10-17-15(18)11-16-13-6-4-3-5-7-13/h3-7,12,14,16H,2,8-11H2,1H3,(H,17,18). The van der Waals surface area contributed by atoms with Crippen molar-refractivity contribution in [1.29, 1.82) is 0 Å². The number of rotatable bonds is 6. The molecule has 1 amide bonds. The lowest BCUT2D eigenvalue weighted by atomic mass is 10.00. The van der Waals surface area contributed by atoms with Crippen molar-refractivity contribution >= 4 is 11.6 Å². The van der Waals surface area contributed by atoms with Gasteiger partial charge in [-0.1, -0.05) is 25.1 Å². The summed E-state index contributed by atoms with van der Waals surface area (Å²) in [6.07, 6.45) is 2.37. The Morgan fingerprint density at radius 3 is 2.89 bits per heavy atom. The summed E-state index contributed by atoms with van der Waals surface area (Å²) in [5, 5.41) is 6.08. The van der Waals surface area contributed by atoms with Crippen molar-refractivity contribution in [2.24, 2.45) is 5.92 Å². The number of carbonyl (C=O) groups excluding carboxylic acids is 1. The zero-order valence-electron chi connectivity index (χ0n) is 11.4. The van der Waals surface area contributed by atoms with Crippen LogP contribution in [-0.2, 0) is 9.53 Å². The van der Waals surface area contributed by atoms with E-state index in [9.17, 15) is 4.79 Å². The van der Waals surface area contributed by atoms with E-state index in [1.807, 2.05) is 30.3 Å². The fraction of sp³-hybridized carbons (Fsp3) is 0.533. The molecule has 2 atom stereocenters. The van der Waals surface area contributed by atoms with Gasteiger partial charge in [-0.05, 0) is 25.0 Å². The number of benzene rings is 1. The molecule has 0 bridgehead atoms. The molecule has 2 unspecified atom stereocenters. The third kappa shape index (κ3) is 4.24. The largest absolute Gasteiger partial charge is 0.378 e. The predicted molar refractivity (Wildman–Crippen MR) is 76.1 cm³/mol. The van der Waals surface area contributed by atoms with Crippen molar-refractivity contribution in [1.82, 2.24) is 5.32 Å². The van der Waals surface area contributed by atoms with Gasteiger partial charge in [0.25, 0.3) is 0 Å². The van der Waals surface area contributed by atoms with Crippen LogP contribution in [0.25, 0.3) is 0 Å². The molecule has 1 aliphatic heterocycles. The normalized spacial score (nSPS) is 22.2. The Hall–Kier alpha value is -1.55. The van der Waals surface area contributed by atoms with E-state index in [2.05, 4.69) is 17.6 Å². The van der Waals surface area contributed by atoms with Gasteiger partial charge in [-0.3, -0.25) is 4.79 Å². The van der Waals surface area contributed by atoms with E-state index in [1.54, 1.807) is 0 Å². The fourth-order valence-corrected chi connectivity index (χ4v) is 2.42. The Morgan fingerprint density at radius 2 is 2.16 bits per heavy atom. The molecule has 4 nitrogen and oxygen atoms in total. The third-order valence-corrected chi connectivity index (χ3v) is 3.54. The van der Waals surface area contributed by atoms with Crippen LogP contribution in [0.1, 0.15) is 19.8 Å². The number of nitrogens with one attached hydrogen (secondary N) is 2. The van der Waals surface area contributed by atoms with Crippen molar-refractivity contribution in [3.8, 4) is 0 Å². The second kappa shape index (κ2) is 7.14. The first-order valence-electron chi connectivity index (χ1n) is 6.97. The number of hydrogen-bond acceptors (Lipinski definition) is 3. The summed E-state index contributed by atoms with van der Waals surface area (Å²) in [5.74, 6) is 0.497. The second-order valence-corrected chi connectivity index (χ2v) is 4.89. The molecule has 1 saturated heterocycles. The Balaban J connectivity index is 1.67. The lowest BCUT2D eigenvalue weighted by Crippen LogP contribution is -2.36. The molecule has 2 N–H and O–H groups in total. The smallest absolute Gasteiger partial charge is 0.239 e. The maximum atomic E-state index is 11.8. The second-order valence-electron chi connectivity index (χ2n) is 4.89. The molecule has 0 saturated carbocycles. The molecule has 104 valence electrons. The van der Waals surface area contributed by atoms with Gasteiger partial charge in [0.15, 0.2) is 0 Å². The van der Waals surface area contributed by atoms with Crippen molar-refractivity contribution in [3.05, 3.63) is 30.3 Å². The molecule has 2 rings (SSSR count). The van der Waals surface area contributed by atoms with Crippen molar-refractivity contribution in [2.75, 3.05) is 25.0 Å². The van der Waals surface area contributed by atoms with Gasteiger partial charge in [0.1, 0.15) is 0 Å². The summed E-state index contributed by atoms with van der Waals surface area (Å²) in [5.41, 5.74) is 0.966. The van der Waals surface area contributed by atoms with Crippen LogP contribution >= 0.6 is 0 Å². The molecule has 19 heavy (non-hydrogen) atoms. The van der Waals surface area contributed by atoms with Crippen LogP contribution in [0.15, 0.2) is 30.3 Å². The minimum absolute atomic E-state index is 0.0330. The third-order valence-electron chi connectivity index (χ3n) is 3.54. The summed E-state index contributed by atoms with van der Waals surface area (Å²) < 4.78 is 5.61. The summed E-state index contributed by atoms with van der Waals surface area (Å²) in [6, 6.07) is 9.75. The van der Waals surface area contributed by atoms with Gasteiger partial charge in [0.2, 0.25) is 5.91 Å². The fourth-order valence-electron chi connectivity index (χ4n) is 2.42. The van der Waals surface area contributed by atoms with Gasteiger partial charge < -0.3 is 15.4 Å². The van der Waals surface area contributed by atoms with Gasteiger partial charge in [-0.15, -0.1) is 0 Å². The first kappa shape index (κ1) is 13.9. The molecular weight excluding hydrogens is 240 g/mol. The van der Waals surface area contributed by atoms with E-state index < -0.39 is 0 Å². The zero-order valence-corrected chi connectivity index (χ0v) is 11.4. The van der Waals surface area contributed by atoms with E-state index in [0.717, 1.165) is 25.1 Å². The minimum atomic E-state index is 0.0330. The number of amides is 1. The molecule has 1 aliphatic rings. The highest BCUT2D eigenvalue weighted by Gasteiger charge is 2.26. The Kier molecular flexibility index (Phi) is 5.21. The Morgan fingerprint density at radius 1 is 1.37 bits per heavy atom. The highest BCUT2D eigenvalue weighted by Crippen LogP contribution is 2.22. The van der Waals surface area contributed by atoms with E-state index in [4.69, 9.17) is 4.74 Å². The van der Waals surface area contributed by atoms with E-state index in [-0.39, 0.29) is 5.91 Å². The molecule has 0 aliphatic carbocycles. The van der Waals surface area contributed by atoms with Gasteiger partial charge in [0.05, 0.1) is 12.6 Å². The number of ether oxygens (including phenoxy) is 1. The highest BCUT2D eigenvalue weighted by atomic mass is 16.5. The van der Waals surface area contributed by atoms with Crippen molar-refractivity contribution < 1.29 is 9.53 Å². The number of hydrogen-bond donors (Lipinski definition) is 2. The summed E-state index contributed by atoms with van der Waals surface area (Å²) in [7, 11) is 0. The summed E-state index contributed by atoms with van der Waals surface area (Å²) in [6.45, 7) is 3.98. The molecule has 1 heterocycles. The summed E-state index contributed by atoms with van der Waals surface area (Å²) >= 11 is 0. The zero-order chi connectivity index (χ0) is 13.5. The predicted octanol–water partition coefficient (Wildman–Crippen LogP) is 2.03. The molecule has 0 radical (unpaired) electrons.